The van der Waals surface area contributed by atoms with Gasteiger partial charge in [0.25, 0.3) is 0 Å². The van der Waals surface area contributed by atoms with Crippen molar-refractivity contribution in [2.45, 2.75) is 0 Å². The molecular formula is C23H34N4O. The van der Waals surface area contributed by atoms with Gasteiger partial charge in [-0.1, -0.05) is 18.2 Å². The minimum Gasteiger partial charge on any atom is -0.497 e. The van der Waals surface area contributed by atoms with Crippen LogP contribution in [0.4, 0.5) is 11.4 Å². The molecule has 152 valence electrons. The number of hydrogen-bond donors (Lipinski definition) is 0. The molecule has 2 saturated heterocycles. The lowest BCUT2D eigenvalue weighted by molar-refractivity contribution is 0.313. The van der Waals surface area contributed by atoms with Gasteiger partial charge in [0.1, 0.15) is 5.75 Å². The number of benzene rings is 2. The lowest BCUT2D eigenvalue weighted by Crippen LogP contribution is -2.44. The van der Waals surface area contributed by atoms with Gasteiger partial charge in [0, 0.05) is 63.7 Å². The molecule has 0 bridgehead atoms. The Morgan fingerprint density at radius 2 is 1.00 bits per heavy atom. The van der Waals surface area contributed by atoms with Gasteiger partial charge >= 0.3 is 0 Å². The van der Waals surface area contributed by atoms with E-state index in [-0.39, 0.29) is 0 Å². The molecule has 2 heterocycles. The summed E-state index contributed by atoms with van der Waals surface area (Å²) in [5, 5.41) is 0. The Morgan fingerprint density at radius 1 is 0.571 bits per heavy atom. The maximum absolute atomic E-state index is 5.15. The quantitative estimate of drug-likeness (QED) is 0.812. The molecule has 5 heteroatoms. The average molecular weight is 383 g/mol. The highest BCUT2D eigenvalue weighted by molar-refractivity contribution is 5.49. The Labute approximate surface area is 170 Å². The highest BCUT2D eigenvalue weighted by Crippen LogP contribution is 2.20. The molecule has 2 fully saturated rings. The number of methoxy groups -OCH3 is 1. The fourth-order valence-corrected chi connectivity index (χ4v) is 3.56. The molecule has 4 rings (SSSR count). The van der Waals surface area contributed by atoms with Crippen LogP contribution < -0.4 is 14.5 Å². The molecule has 0 radical (unpaired) electrons. The zero-order valence-electron chi connectivity index (χ0n) is 17.6. The Bertz CT molecular complexity index is 676. The maximum atomic E-state index is 5.15. The highest BCUT2D eigenvalue weighted by atomic mass is 16.5. The van der Waals surface area contributed by atoms with Crippen molar-refractivity contribution in [1.29, 1.82) is 0 Å². The van der Waals surface area contributed by atoms with Crippen LogP contribution in [0.1, 0.15) is 0 Å². The van der Waals surface area contributed by atoms with Gasteiger partial charge in [-0.25, -0.2) is 0 Å². The lowest BCUT2D eigenvalue weighted by atomic mass is 10.2. The minimum absolute atomic E-state index is 0.924. The third-order valence-corrected chi connectivity index (χ3v) is 5.57. The molecule has 0 saturated carbocycles. The normalized spacial score (nSPS) is 18.4. The fraction of sp³-hybridized carbons (Fsp3) is 0.478. The second-order valence-electron chi connectivity index (χ2n) is 7.61. The third-order valence-electron chi connectivity index (χ3n) is 5.57. The molecular weight excluding hydrogens is 348 g/mol. The van der Waals surface area contributed by atoms with E-state index >= 15 is 0 Å². The van der Waals surface area contributed by atoms with Gasteiger partial charge in [-0.15, -0.1) is 0 Å². The molecule has 0 spiro atoms. The number of para-hydroxylation sites is 1. The number of rotatable bonds is 3. The van der Waals surface area contributed by atoms with E-state index in [1.165, 1.54) is 24.5 Å². The van der Waals surface area contributed by atoms with Crippen LogP contribution in [-0.2, 0) is 0 Å². The summed E-state index contributed by atoms with van der Waals surface area (Å²) in [5.74, 6) is 0.924. The molecule has 0 aromatic heterocycles. The van der Waals surface area contributed by atoms with E-state index in [4.69, 9.17) is 4.74 Å². The number of anilines is 2. The summed E-state index contributed by atoms with van der Waals surface area (Å²) < 4.78 is 5.15. The van der Waals surface area contributed by atoms with Crippen molar-refractivity contribution in [3.05, 3.63) is 54.6 Å². The summed E-state index contributed by atoms with van der Waals surface area (Å²) in [6, 6.07) is 19.0. The van der Waals surface area contributed by atoms with Gasteiger partial charge in [0.2, 0.25) is 0 Å². The van der Waals surface area contributed by atoms with Crippen molar-refractivity contribution in [2.75, 3.05) is 83.4 Å². The smallest absolute Gasteiger partial charge is 0.119 e. The average Bonchev–Trinajstić information content (AvgIpc) is 2.76. The van der Waals surface area contributed by atoms with E-state index < -0.39 is 0 Å². The Balaban J connectivity index is 0.000000162. The van der Waals surface area contributed by atoms with E-state index in [0.717, 1.165) is 45.0 Å². The van der Waals surface area contributed by atoms with Crippen LogP contribution in [0.15, 0.2) is 54.6 Å². The van der Waals surface area contributed by atoms with Crippen LogP contribution in [0.5, 0.6) is 5.75 Å². The Kier molecular flexibility index (Phi) is 7.57. The largest absolute Gasteiger partial charge is 0.497 e. The lowest BCUT2D eigenvalue weighted by Gasteiger charge is -2.34. The summed E-state index contributed by atoms with van der Waals surface area (Å²) in [6.45, 7) is 9.18. The first-order valence-electron chi connectivity index (χ1n) is 10.2. The molecule has 0 N–H and O–H groups in total. The van der Waals surface area contributed by atoms with Crippen molar-refractivity contribution >= 4 is 11.4 Å². The van der Waals surface area contributed by atoms with Gasteiger partial charge < -0.3 is 24.3 Å². The summed E-state index contributed by atoms with van der Waals surface area (Å²) in [7, 11) is 6.05. The number of piperazine rings is 2. The predicted molar refractivity (Wildman–Crippen MR) is 119 cm³/mol. The number of hydrogen-bond acceptors (Lipinski definition) is 5. The summed E-state index contributed by atoms with van der Waals surface area (Å²) in [5.41, 5.74) is 2.65. The van der Waals surface area contributed by atoms with Crippen LogP contribution in [-0.4, -0.2) is 83.4 Å². The van der Waals surface area contributed by atoms with Gasteiger partial charge in [-0.05, 0) is 50.5 Å². The minimum atomic E-state index is 0.924. The van der Waals surface area contributed by atoms with E-state index in [9.17, 15) is 0 Å². The molecule has 5 nitrogen and oxygen atoms in total. The summed E-state index contributed by atoms with van der Waals surface area (Å²) in [6.07, 6.45) is 0. The second kappa shape index (κ2) is 10.3. The number of ether oxygens (including phenoxy) is 1. The van der Waals surface area contributed by atoms with Gasteiger partial charge in [-0.3, -0.25) is 0 Å². The van der Waals surface area contributed by atoms with Crippen LogP contribution >= 0.6 is 0 Å². The summed E-state index contributed by atoms with van der Waals surface area (Å²) in [4.78, 5) is 9.60. The molecule has 2 aromatic rings. The topological polar surface area (TPSA) is 22.2 Å². The van der Waals surface area contributed by atoms with Gasteiger partial charge in [-0.2, -0.15) is 0 Å². The molecule has 0 amide bonds. The third kappa shape index (κ3) is 5.88. The highest BCUT2D eigenvalue weighted by Gasteiger charge is 2.14. The monoisotopic (exact) mass is 382 g/mol. The van der Waals surface area contributed by atoms with E-state index in [1.807, 2.05) is 12.1 Å². The van der Waals surface area contributed by atoms with Crippen LogP contribution in [0.2, 0.25) is 0 Å². The predicted octanol–water partition coefficient (Wildman–Crippen LogP) is 2.89. The molecule has 0 aliphatic carbocycles. The van der Waals surface area contributed by atoms with E-state index in [2.05, 4.69) is 76.2 Å². The first-order valence-corrected chi connectivity index (χ1v) is 10.2. The first-order chi connectivity index (χ1) is 13.7. The van der Waals surface area contributed by atoms with E-state index in [1.54, 1.807) is 7.11 Å². The van der Waals surface area contributed by atoms with Crippen molar-refractivity contribution in [3.8, 4) is 5.75 Å². The zero-order chi connectivity index (χ0) is 19.8. The van der Waals surface area contributed by atoms with Gasteiger partial charge in [0.05, 0.1) is 7.11 Å². The molecule has 2 aliphatic heterocycles. The van der Waals surface area contributed by atoms with Crippen molar-refractivity contribution < 1.29 is 4.74 Å². The molecule has 2 aliphatic rings. The first kappa shape index (κ1) is 20.5. The van der Waals surface area contributed by atoms with Crippen molar-refractivity contribution in [1.82, 2.24) is 9.80 Å². The zero-order valence-corrected chi connectivity index (χ0v) is 17.6. The standard InChI is InChI=1S/C12H18N2O.C11H16N2/c1-13-7-9-14(10-8-13)11-3-5-12(15-2)6-4-11;1-12-7-9-13(10-8-12)11-5-3-2-4-6-11/h3-6H,7-10H2,1-2H3;2-6H,7-10H2,1H3. The van der Waals surface area contributed by atoms with Gasteiger partial charge in [0.15, 0.2) is 0 Å². The summed E-state index contributed by atoms with van der Waals surface area (Å²) >= 11 is 0. The SMILES string of the molecule is CN1CCN(c2ccccc2)CC1.COc1ccc(N2CCN(C)CC2)cc1. The van der Waals surface area contributed by atoms with Crippen LogP contribution in [0, 0.1) is 0 Å². The van der Waals surface area contributed by atoms with Crippen LogP contribution in [0.25, 0.3) is 0 Å². The molecule has 0 unspecified atom stereocenters. The molecule has 0 atom stereocenters. The molecule has 2 aromatic carbocycles. The maximum Gasteiger partial charge on any atom is 0.119 e. The molecule has 28 heavy (non-hydrogen) atoms. The Hall–Kier alpha value is -2.24. The van der Waals surface area contributed by atoms with Crippen molar-refractivity contribution in [2.24, 2.45) is 0 Å². The van der Waals surface area contributed by atoms with Crippen LogP contribution in [0.3, 0.4) is 0 Å². The number of nitrogens with zero attached hydrogens (tertiary/aromatic N) is 4. The fourth-order valence-electron chi connectivity index (χ4n) is 3.56. The Morgan fingerprint density at radius 3 is 1.43 bits per heavy atom. The van der Waals surface area contributed by atoms with E-state index in [0.29, 0.717) is 0 Å². The number of likely N-dealkylation sites (N-methyl/N-ethyl adjacent to an activating group) is 2. The second-order valence-corrected chi connectivity index (χ2v) is 7.61. The van der Waals surface area contributed by atoms with Crippen molar-refractivity contribution in [3.63, 3.8) is 0 Å².